The number of hydrogen-bond donors (Lipinski definition) is 1. The van der Waals surface area contributed by atoms with E-state index in [1.807, 2.05) is 109 Å². The lowest BCUT2D eigenvalue weighted by molar-refractivity contribution is -0.115. The monoisotopic (exact) mass is 521 g/mol. The Morgan fingerprint density at radius 2 is 1.24 bits per heavy atom. The standard InChI is InChI=1S/C31H27N3O3S/c1-36-26-17-13-22(14-18-26)29-30(23-15-19-27(37-2)20-16-23)33-31(32-29)38-21-28(35)34(24-9-5-3-6-10-24)25-11-7-4-8-12-25/h3-20H,21H2,1-2H3,(H,32,33). The third-order valence-corrected chi connectivity index (χ3v) is 6.89. The second kappa shape index (κ2) is 11.7. The number of nitrogens with zero attached hydrogens (tertiary/aromatic N) is 2. The van der Waals surface area contributed by atoms with Gasteiger partial charge in [0.25, 0.3) is 0 Å². The predicted octanol–water partition coefficient (Wildman–Crippen LogP) is 7.22. The lowest BCUT2D eigenvalue weighted by Crippen LogP contribution is -2.27. The second-order valence-electron chi connectivity index (χ2n) is 8.41. The average Bonchev–Trinajstić information content (AvgIpc) is 3.42. The van der Waals surface area contributed by atoms with E-state index in [9.17, 15) is 4.79 Å². The van der Waals surface area contributed by atoms with Crippen LogP contribution in [0.15, 0.2) is 114 Å². The van der Waals surface area contributed by atoms with Gasteiger partial charge in [-0.15, -0.1) is 0 Å². The van der Waals surface area contributed by atoms with Gasteiger partial charge in [0.2, 0.25) is 5.91 Å². The lowest BCUT2D eigenvalue weighted by atomic mass is 10.0. The minimum Gasteiger partial charge on any atom is -0.497 e. The van der Waals surface area contributed by atoms with Gasteiger partial charge in [0.15, 0.2) is 5.16 Å². The van der Waals surface area contributed by atoms with Crippen molar-refractivity contribution in [2.24, 2.45) is 0 Å². The molecule has 38 heavy (non-hydrogen) atoms. The fraction of sp³-hybridized carbons (Fsp3) is 0.0968. The minimum absolute atomic E-state index is 0.0409. The number of benzene rings is 4. The predicted molar refractivity (Wildman–Crippen MR) is 153 cm³/mol. The van der Waals surface area contributed by atoms with Gasteiger partial charge >= 0.3 is 0 Å². The zero-order valence-electron chi connectivity index (χ0n) is 21.1. The summed E-state index contributed by atoms with van der Waals surface area (Å²) < 4.78 is 10.6. The normalized spacial score (nSPS) is 10.7. The van der Waals surface area contributed by atoms with E-state index in [0.29, 0.717) is 5.16 Å². The molecule has 0 aliphatic carbocycles. The third kappa shape index (κ3) is 5.58. The first-order valence-corrected chi connectivity index (χ1v) is 13.1. The number of anilines is 2. The van der Waals surface area contributed by atoms with E-state index in [1.165, 1.54) is 11.8 Å². The van der Waals surface area contributed by atoms with E-state index < -0.39 is 0 Å². The fourth-order valence-electron chi connectivity index (χ4n) is 4.13. The van der Waals surface area contributed by atoms with Gasteiger partial charge in [-0.3, -0.25) is 9.69 Å². The maximum absolute atomic E-state index is 13.5. The SMILES string of the molecule is COc1ccc(-c2nc(SCC(=O)N(c3ccccc3)c3ccccc3)[nH]c2-c2ccc(OC)cc2)cc1. The Morgan fingerprint density at radius 1 is 0.737 bits per heavy atom. The van der Waals surface area contributed by atoms with Crippen LogP contribution in [0.5, 0.6) is 11.5 Å². The summed E-state index contributed by atoms with van der Waals surface area (Å²) in [5, 5.41) is 0.663. The molecule has 190 valence electrons. The molecule has 0 saturated carbocycles. The van der Waals surface area contributed by atoms with Crippen LogP contribution in [0.25, 0.3) is 22.5 Å². The highest BCUT2D eigenvalue weighted by Gasteiger charge is 2.20. The van der Waals surface area contributed by atoms with Crippen molar-refractivity contribution in [3.8, 4) is 34.0 Å². The molecular formula is C31H27N3O3S. The molecule has 0 atom stereocenters. The fourth-order valence-corrected chi connectivity index (χ4v) is 4.85. The van der Waals surface area contributed by atoms with Crippen LogP contribution in [0.1, 0.15) is 0 Å². The van der Waals surface area contributed by atoms with Crippen LogP contribution < -0.4 is 14.4 Å². The van der Waals surface area contributed by atoms with Crippen LogP contribution in [-0.2, 0) is 4.79 Å². The van der Waals surface area contributed by atoms with Crippen LogP contribution in [0.4, 0.5) is 11.4 Å². The van der Waals surface area contributed by atoms with E-state index in [-0.39, 0.29) is 11.7 Å². The molecule has 1 heterocycles. The molecular weight excluding hydrogens is 494 g/mol. The molecule has 1 amide bonds. The molecule has 5 rings (SSSR count). The van der Waals surface area contributed by atoms with Gasteiger partial charge in [0.05, 0.1) is 31.4 Å². The summed E-state index contributed by atoms with van der Waals surface area (Å²) in [4.78, 5) is 23.6. The molecule has 0 fully saturated rings. The molecule has 0 spiro atoms. The van der Waals surface area contributed by atoms with E-state index in [1.54, 1.807) is 19.1 Å². The van der Waals surface area contributed by atoms with Gasteiger partial charge in [-0.2, -0.15) is 0 Å². The molecule has 0 radical (unpaired) electrons. The Kier molecular flexibility index (Phi) is 7.75. The van der Waals surface area contributed by atoms with Crippen molar-refractivity contribution < 1.29 is 14.3 Å². The number of methoxy groups -OCH3 is 2. The molecule has 0 aliphatic heterocycles. The number of carbonyl (C=O) groups excluding carboxylic acids is 1. The number of amides is 1. The first-order valence-electron chi connectivity index (χ1n) is 12.1. The number of hydrogen-bond acceptors (Lipinski definition) is 5. The van der Waals surface area contributed by atoms with Crippen LogP contribution in [0.3, 0.4) is 0 Å². The van der Waals surface area contributed by atoms with E-state index >= 15 is 0 Å². The Morgan fingerprint density at radius 3 is 1.74 bits per heavy atom. The van der Waals surface area contributed by atoms with Gasteiger partial charge in [0.1, 0.15) is 11.5 Å². The number of imidazole rings is 1. The van der Waals surface area contributed by atoms with Crippen molar-refractivity contribution >= 4 is 29.0 Å². The van der Waals surface area contributed by atoms with Gasteiger partial charge < -0.3 is 14.5 Å². The maximum atomic E-state index is 13.5. The summed E-state index contributed by atoms with van der Waals surface area (Å²) in [5.41, 5.74) is 5.23. The minimum atomic E-state index is -0.0409. The smallest absolute Gasteiger partial charge is 0.242 e. The van der Waals surface area contributed by atoms with E-state index in [0.717, 1.165) is 45.4 Å². The zero-order valence-corrected chi connectivity index (χ0v) is 21.9. The number of aromatic nitrogens is 2. The summed E-state index contributed by atoms with van der Waals surface area (Å²) in [5.74, 6) is 1.72. The first kappa shape index (κ1) is 25.2. The van der Waals surface area contributed by atoms with Crippen LogP contribution in [0, 0.1) is 0 Å². The molecule has 6 nitrogen and oxygen atoms in total. The summed E-state index contributed by atoms with van der Waals surface area (Å²) in [6.45, 7) is 0. The second-order valence-corrected chi connectivity index (χ2v) is 9.38. The molecule has 4 aromatic carbocycles. The molecule has 0 unspecified atom stereocenters. The van der Waals surface area contributed by atoms with E-state index in [2.05, 4.69) is 4.98 Å². The van der Waals surface area contributed by atoms with Crippen molar-refractivity contribution in [2.45, 2.75) is 5.16 Å². The van der Waals surface area contributed by atoms with Crippen LogP contribution in [0.2, 0.25) is 0 Å². The van der Waals surface area contributed by atoms with Gasteiger partial charge in [-0.1, -0.05) is 48.2 Å². The highest BCUT2D eigenvalue weighted by molar-refractivity contribution is 7.99. The number of carbonyl (C=O) groups is 1. The van der Waals surface area contributed by atoms with Crippen LogP contribution in [-0.4, -0.2) is 35.8 Å². The third-order valence-electron chi connectivity index (χ3n) is 6.03. The number of H-pyrrole nitrogens is 1. The van der Waals surface area contributed by atoms with E-state index in [4.69, 9.17) is 14.5 Å². The number of ether oxygens (including phenoxy) is 2. The summed E-state index contributed by atoms with van der Waals surface area (Å²) >= 11 is 1.38. The molecule has 5 aromatic rings. The van der Waals surface area contributed by atoms with Gasteiger partial charge in [-0.05, 0) is 72.8 Å². The molecule has 7 heteroatoms. The molecule has 0 bridgehead atoms. The zero-order chi connectivity index (χ0) is 26.3. The highest BCUT2D eigenvalue weighted by atomic mass is 32.2. The Labute approximate surface area is 226 Å². The number of thioether (sulfide) groups is 1. The summed E-state index contributed by atoms with van der Waals surface area (Å²) in [6.07, 6.45) is 0. The first-order chi connectivity index (χ1) is 18.7. The Hall–Kier alpha value is -4.49. The van der Waals surface area contributed by atoms with Crippen molar-refractivity contribution in [2.75, 3.05) is 24.9 Å². The van der Waals surface area contributed by atoms with Crippen molar-refractivity contribution in [1.29, 1.82) is 0 Å². The number of para-hydroxylation sites is 2. The number of aromatic amines is 1. The van der Waals surface area contributed by atoms with Gasteiger partial charge in [0, 0.05) is 22.5 Å². The highest BCUT2D eigenvalue weighted by Crippen LogP contribution is 2.35. The van der Waals surface area contributed by atoms with Crippen molar-refractivity contribution in [1.82, 2.24) is 9.97 Å². The summed E-state index contributed by atoms with van der Waals surface area (Å²) in [6, 6.07) is 35.0. The Balaban J connectivity index is 1.44. The van der Waals surface area contributed by atoms with Gasteiger partial charge in [-0.25, -0.2) is 4.98 Å². The topological polar surface area (TPSA) is 67.5 Å². The quantitative estimate of drug-likeness (QED) is 0.208. The summed E-state index contributed by atoms with van der Waals surface area (Å²) in [7, 11) is 3.29. The molecule has 1 N–H and O–H groups in total. The van der Waals surface area contributed by atoms with Crippen LogP contribution >= 0.6 is 11.8 Å². The largest absolute Gasteiger partial charge is 0.497 e. The van der Waals surface area contributed by atoms with Crippen molar-refractivity contribution in [3.05, 3.63) is 109 Å². The maximum Gasteiger partial charge on any atom is 0.242 e. The number of nitrogens with one attached hydrogen (secondary N) is 1. The average molecular weight is 522 g/mol. The molecule has 0 saturated heterocycles. The molecule has 1 aromatic heterocycles. The van der Waals surface area contributed by atoms with Crippen molar-refractivity contribution in [3.63, 3.8) is 0 Å². The molecule has 0 aliphatic rings. The Bertz CT molecular complexity index is 1380. The number of rotatable bonds is 9. The lowest BCUT2D eigenvalue weighted by Gasteiger charge is -2.22.